The number of ether oxygens (including phenoxy) is 1. The molecule has 4 aromatic rings. The Hall–Kier alpha value is -3.71. The summed E-state index contributed by atoms with van der Waals surface area (Å²) in [5.41, 5.74) is 2.02. The molecule has 2 aromatic carbocycles. The highest BCUT2D eigenvalue weighted by molar-refractivity contribution is 6.35. The second kappa shape index (κ2) is 8.20. The predicted octanol–water partition coefficient (Wildman–Crippen LogP) is 4.47. The Balaban J connectivity index is 1.77. The SMILES string of the molecule is CCOC(=O)c1ccc2nc(C)cc(NC(=O)c3c[nH]c4c(Cl)cccc4c3=O)c2c1. The molecule has 0 saturated carbocycles. The van der Waals surface area contributed by atoms with E-state index in [9.17, 15) is 14.4 Å². The second-order valence-corrected chi connectivity index (χ2v) is 7.32. The van der Waals surface area contributed by atoms with Crippen LogP contribution in [-0.4, -0.2) is 28.5 Å². The summed E-state index contributed by atoms with van der Waals surface area (Å²) in [6, 6.07) is 11.5. The number of amides is 1. The van der Waals surface area contributed by atoms with Gasteiger partial charge in [0.15, 0.2) is 0 Å². The number of halogens is 1. The van der Waals surface area contributed by atoms with Gasteiger partial charge in [-0.05, 0) is 50.2 Å². The van der Waals surface area contributed by atoms with E-state index in [-0.39, 0.29) is 12.2 Å². The fraction of sp³-hybridized carbons (Fsp3) is 0.130. The number of hydrogen-bond donors (Lipinski definition) is 2. The highest BCUT2D eigenvalue weighted by atomic mass is 35.5. The molecule has 2 heterocycles. The number of pyridine rings is 2. The van der Waals surface area contributed by atoms with E-state index in [1.165, 1.54) is 6.20 Å². The molecule has 0 radical (unpaired) electrons. The van der Waals surface area contributed by atoms with Crippen molar-refractivity contribution < 1.29 is 14.3 Å². The average molecular weight is 436 g/mol. The molecular formula is C23H18ClN3O4. The van der Waals surface area contributed by atoms with Gasteiger partial charge in [0.05, 0.1) is 33.9 Å². The standard InChI is InChI=1S/C23H18ClN3O4/c1-3-31-23(30)13-7-8-18-15(10-13)19(9-12(2)26-18)27-22(29)16-11-25-20-14(21(16)28)5-4-6-17(20)24/h4-11H,3H2,1-2H3,(H,25,28)(H,26,27,29). The molecule has 0 aliphatic rings. The van der Waals surface area contributed by atoms with Gasteiger partial charge in [0, 0.05) is 22.7 Å². The number of esters is 1. The average Bonchev–Trinajstić information content (AvgIpc) is 2.74. The fourth-order valence-corrected chi connectivity index (χ4v) is 3.61. The number of nitrogens with one attached hydrogen (secondary N) is 2. The number of aryl methyl sites for hydroxylation is 1. The molecular weight excluding hydrogens is 418 g/mol. The topological polar surface area (TPSA) is 101 Å². The van der Waals surface area contributed by atoms with Crippen molar-refractivity contribution in [3.8, 4) is 0 Å². The van der Waals surface area contributed by atoms with Gasteiger partial charge in [-0.1, -0.05) is 17.7 Å². The molecule has 0 saturated heterocycles. The molecule has 2 N–H and O–H groups in total. The second-order valence-electron chi connectivity index (χ2n) is 6.91. The van der Waals surface area contributed by atoms with Crippen molar-refractivity contribution in [3.05, 3.63) is 80.7 Å². The van der Waals surface area contributed by atoms with Crippen LogP contribution < -0.4 is 10.7 Å². The Morgan fingerprint density at radius 3 is 2.74 bits per heavy atom. The van der Waals surface area contributed by atoms with E-state index in [4.69, 9.17) is 16.3 Å². The van der Waals surface area contributed by atoms with Crippen molar-refractivity contribution in [1.82, 2.24) is 9.97 Å². The number of para-hydroxylation sites is 1. The van der Waals surface area contributed by atoms with E-state index in [1.54, 1.807) is 56.3 Å². The molecule has 0 aliphatic heterocycles. The Labute approximate surface area is 182 Å². The molecule has 2 aromatic heterocycles. The molecule has 0 aliphatic carbocycles. The lowest BCUT2D eigenvalue weighted by Gasteiger charge is -2.11. The minimum atomic E-state index is -0.587. The quantitative estimate of drug-likeness (QED) is 0.460. The van der Waals surface area contributed by atoms with Gasteiger partial charge in [0.1, 0.15) is 5.56 Å². The summed E-state index contributed by atoms with van der Waals surface area (Å²) in [5.74, 6) is -1.05. The highest BCUT2D eigenvalue weighted by Gasteiger charge is 2.17. The van der Waals surface area contributed by atoms with Gasteiger partial charge in [-0.15, -0.1) is 0 Å². The van der Waals surface area contributed by atoms with Gasteiger partial charge in [0.2, 0.25) is 5.43 Å². The largest absolute Gasteiger partial charge is 0.462 e. The van der Waals surface area contributed by atoms with Crippen LogP contribution in [0.3, 0.4) is 0 Å². The number of H-pyrrole nitrogens is 1. The van der Waals surface area contributed by atoms with Crippen molar-refractivity contribution >= 4 is 51.0 Å². The van der Waals surface area contributed by atoms with Crippen LogP contribution in [-0.2, 0) is 4.74 Å². The van der Waals surface area contributed by atoms with Crippen LogP contribution in [0, 0.1) is 6.92 Å². The van der Waals surface area contributed by atoms with Crippen LogP contribution in [0.2, 0.25) is 5.02 Å². The maximum atomic E-state index is 13.0. The molecule has 0 unspecified atom stereocenters. The molecule has 8 heteroatoms. The summed E-state index contributed by atoms with van der Waals surface area (Å²) in [5, 5.41) is 4.05. The van der Waals surface area contributed by atoms with E-state index in [0.29, 0.717) is 43.8 Å². The minimum Gasteiger partial charge on any atom is -0.462 e. The van der Waals surface area contributed by atoms with E-state index in [0.717, 1.165) is 0 Å². The molecule has 0 bridgehead atoms. The first-order valence-corrected chi connectivity index (χ1v) is 9.96. The Bertz CT molecular complexity index is 1410. The zero-order valence-electron chi connectivity index (χ0n) is 16.8. The summed E-state index contributed by atoms with van der Waals surface area (Å²) in [4.78, 5) is 45.3. The lowest BCUT2D eigenvalue weighted by atomic mass is 10.1. The van der Waals surface area contributed by atoms with Crippen LogP contribution in [0.5, 0.6) is 0 Å². The number of aromatic nitrogens is 2. The number of fused-ring (bicyclic) bond motifs is 2. The number of carbonyl (C=O) groups is 2. The summed E-state index contributed by atoms with van der Waals surface area (Å²) in [6.45, 7) is 3.77. The van der Waals surface area contributed by atoms with Gasteiger partial charge in [-0.25, -0.2) is 4.79 Å². The number of anilines is 1. The first-order valence-electron chi connectivity index (χ1n) is 9.59. The van der Waals surface area contributed by atoms with Gasteiger partial charge >= 0.3 is 5.97 Å². The highest BCUT2D eigenvalue weighted by Crippen LogP contribution is 2.26. The number of benzene rings is 2. The maximum absolute atomic E-state index is 13.0. The van der Waals surface area contributed by atoms with E-state index < -0.39 is 17.3 Å². The van der Waals surface area contributed by atoms with Crippen LogP contribution >= 0.6 is 11.6 Å². The number of nitrogens with zero attached hydrogens (tertiary/aromatic N) is 1. The molecule has 1 amide bonds. The first-order chi connectivity index (χ1) is 14.9. The van der Waals surface area contributed by atoms with Crippen LogP contribution in [0.4, 0.5) is 5.69 Å². The summed E-state index contributed by atoms with van der Waals surface area (Å²) in [6.07, 6.45) is 1.34. The third-order valence-corrected chi connectivity index (χ3v) is 5.12. The van der Waals surface area contributed by atoms with Gasteiger partial charge < -0.3 is 15.0 Å². The normalized spacial score (nSPS) is 10.9. The van der Waals surface area contributed by atoms with E-state index in [1.807, 2.05) is 0 Å². The molecule has 0 spiro atoms. The Morgan fingerprint density at radius 2 is 1.97 bits per heavy atom. The lowest BCUT2D eigenvalue weighted by Crippen LogP contribution is -2.22. The predicted molar refractivity (Wildman–Crippen MR) is 120 cm³/mol. The zero-order chi connectivity index (χ0) is 22.1. The summed E-state index contributed by atoms with van der Waals surface area (Å²) in [7, 11) is 0. The van der Waals surface area contributed by atoms with Gasteiger partial charge in [0.25, 0.3) is 5.91 Å². The summed E-state index contributed by atoms with van der Waals surface area (Å²) < 4.78 is 5.05. The van der Waals surface area contributed by atoms with E-state index in [2.05, 4.69) is 15.3 Å². The lowest BCUT2D eigenvalue weighted by molar-refractivity contribution is 0.0526. The molecule has 7 nitrogen and oxygen atoms in total. The number of hydrogen-bond acceptors (Lipinski definition) is 5. The third kappa shape index (κ3) is 3.87. The maximum Gasteiger partial charge on any atom is 0.338 e. The Morgan fingerprint density at radius 1 is 1.16 bits per heavy atom. The van der Waals surface area contributed by atoms with Crippen molar-refractivity contribution in [1.29, 1.82) is 0 Å². The van der Waals surface area contributed by atoms with Crippen LogP contribution in [0.25, 0.3) is 21.8 Å². The Kier molecular flexibility index (Phi) is 5.44. The number of rotatable bonds is 4. The molecule has 156 valence electrons. The van der Waals surface area contributed by atoms with Crippen LogP contribution in [0.15, 0.2) is 53.5 Å². The molecule has 0 fully saturated rings. The number of aromatic amines is 1. The van der Waals surface area contributed by atoms with Crippen LogP contribution in [0.1, 0.15) is 33.3 Å². The first kappa shape index (κ1) is 20.6. The van der Waals surface area contributed by atoms with Crippen molar-refractivity contribution in [3.63, 3.8) is 0 Å². The van der Waals surface area contributed by atoms with Crippen molar-refractivity contribution in [2.24, 2.45) is 0 Å². The fourth-order valence-electron chi connectivity index (χ4n) is 3.38. The number of carbonyl (C=O) groups excluding carboxylic acids is 2. The van der Waals surface area contributed by atoms with Gasteiger partial charge in [-0.2, -0.15) is 0 Å². The molecule has 4 rings (SSSR count). The van der Waals surface area contributed by atoms with Crippen molar-refractivity contribution in [2.45, 2.75) is 13.8 Å². The third-order valence-electron chi connectivity index (χ3n) is 4.80. The molecule has 0 atom stereocenters. The van der Waals surface area contributed by atoms with E-state index >= 15 is 0 Å². The van der Waals surface area contributed by atoms with Crippen molar-refractivity contribution in [2.75, 3.05) is 11.9 Å². The van der Waals surface area contributed by atoms with Gasteiger partial charge in [-0.3, -0.25) is 14.6 Å². The molecule has 31 heavy (non-hydrogen) atoms. The smallest absolute Gasteiger partial charge is 0.338 e. The summed E-state index contributed by atoms with van der Waals surface area (Å²) >= 11 is 6.12. The minimum absolute atomic E-state index is 0.0565. The monoisotopic (exact) mass is 435 g/mol. The zero-order valence-corrected chi connectivity index (χ0v) is 17.5.